The van der Waals surface area contributed by atoms with Crippen LogP contribution < -0.4 is 19.1 Å². The highest BCUT2D eigenvalue weighted by molar-refractivity contribution is 7.92. The molecule has 0 radical (unpaired) electrons. The van der Waals surface area contributed by atoms with Crippen molar-refractivity contribution in [2.24, 2.45) is 0 Å². The molecule has 1 amide bonds. The molecule has 0 aromatic heterocycles. The van der Waals surface area contributed by atoms with Crippen LogP contribution in [0, 0.1) is 0 Å². The van der Waals surface area contributed by atoms with Crippen molar-refractivity contribution in [1.29, 1.82) is 0 Å². The van der Waals surface area contributed by atoms with Crippen molar-refractivity contribution in [3.63, 3.8) is 0 Å². The van der Waals surface area contributed by atoms with Gasteiger partial charge in [-0.25, -0.2) is 8.42 Å². The number of carbonyl (C=O) groups excluding carboxylic acids is 1. The van der Waals surface area contributed by atoms with Crippen LogP contribution in [0.25, 0.3) is 0 Å². The number of fused-ring (bicyclic) bond motifs is 1. The summed E-state index contributed by atoms with van der Waals surface area (Å²) in [7, 11) is -1.80. The normalized spacial score (nSPS) is 13.5. The quantitative estimate of drug-likeness (QED) is 0.712. The van der Waals surface area contributed by atoms with E-state index in [0.29, 0.717) is 35.8 Å². The molecule has 0 fully saturated rings. The smallest absolute Gasteiger partial charge is 0.262 e. The topological polar surface area (TPSA) is 84.9 Å². The van der Waals surface area contributed by atoms with Crippen molar-refractivity contribution in [2.75, 3.05) is 35.6 Å². The first-order valence-corrected chi connectivity index (χ1v) is 11.2. The first-order chi connectivity index (χ1) is 13.9. The summed E-state index contributed by atoms with van der Waals surface area (Å²) in [5.41, 5.74) is 2.17. The minimum atomic E-state index is -3.36. The van der Waals surface area contributed by atoms with Gasteiger partial charge in [-0.3, -0.25) is 9.10 Å². The first kappa shape index (κ1) is 21.0. The lowest BCUT2D eigenvalue weighted by molar-refractivity contribution is -0.118. The molecule has 8 heteroatoms. The van der Waals surface area contributed by atoms with Crippen molar-refractivity contribution < 1.29 is 22.7 Å². The third-order valence-corrected chi connectivity index (χ3v) is 6.63. The molecule has 2 aromatic rings. The molecule has 7 nitrogen and oxygen atoms in total. The Balaban J connectivity index is 1.69. The van der Waals surface area contributed by atoms with Gasteiger partial charge in [-0.1, -0.05) is 19.1 Å². The van der Waals surface area contributed by atoms with E-state index in [1.54, 1.807) is 43.5 Å². The van der Waals surface area contributed by atoms with Gasteiger partial charge in [0.2, 0.25) is 10.0 Å². The number of hydrogen-bond acceptors (Lipinski definition) is 5. The molecule has 0 spiro atoms. The highest BCUT2D eigenvalue weighted by atomic mass is 32.2. The molecule has 2 aromatic carbocycles. The number of nitrogens with one attached hydrogen (secondary N) is 1. The van der Waals surface area contributed by atoms with Crippen LogP contribution in [-0.4, -0.2) is 40.3 Å². The second kappa shape index (κ2) is 9.17. The van der Waals surface area contributed by atoms with Crippen LogP contribution in [0.5, 0.6) is 11.5 Å². The molecule has 1 heterocycles. The average Bonchev–Trinajstić information content (AvgIpc) is 2.72. The zero-order valence-corrected chi connectivity index (χ0v) is 17.5. The zero-order chi connectivity index (χ0) is 20.9. The van der Waals surface area contributed by atoms with Crippen LogP contribution in [0.15, 0.2) is 42.5 Å². The number of ether oxygens (including phenoxy) is 2. The van der Waals surface area contributed by atoms with Gasteiger partial charge >= 0.3 is 0 Å². The Hall–Kier alpha value is -2.74. The number of aryl methyl sites for hydroxylation is 1. The molecule has 3 rings (SSSR count). The number of hydrogen-bond donors (Lipinski definition) is 1. The fourth-order valence-corrected chi connectivity index (χ4v) is 4.93. The Morgan fingerprint density at radius 1 is 1.17 bits per heavy atom. The second-order valence-corrected chi connectivity index (χ2v) is 8.86. The van der Waals surface area contributed by atoms with E-state index in [0.717, 1.165) is 18.4 Å². The lowest BCUT2D eigenvalue weighted by Gasteiger charge is -2.31. The van der Waals surface area contributed by atoms with Crippen molar-refractivity contribution in [3.8, 4) is 11.5 Å². The van der Waals surface area contributed by atoms with Crippen LogP contribution in [0.1, 0.15) is 25.3 Å². The highest BCUT2D eigenvalue weighted by Gasteiger charge is 2.27. The van der Waals surface area contributed by atoms with E-state index < -0.39 is 10.0 Å². The zero-order valence-electron chi connectivity index (χ0n) is 16.7. The van der Waals surface area contributed by atoms with Gasteiger partial charge in [0.25, 0.3) is 5.91 Å². The fraction of sp³-hybridized carbons (Fsp3) is 0.381. The van der Waals surface area contributed by atoms with Gasteiger partial charge in [0, 0.05) is 18.3 Å². The van der Waals surface area contributed by atoms with Crippen LogP contribution in [-0.2, 0) is 21.2 Å². The Morgan fingerprint density at radius 3 is 2.72 bits per heavy atom. The number of amides is 1. The second-order valence-electron chi connectivity index (χ2n) is 6.85. The summed E-state index contributed by atoms with van der Waals surface area (Å²) >= 11 is 0. The third-order valence-electron chi connectivity index (χ3n) is 4.65. The predicted molar refractivity (Wildman–Crippen MR) is 113 cm³/mol. The summed E-state index contributed by atoms with van der Waals surface area (Å²) in [4.78, 5) is 12.3. The molecule has 0 atom stereocenters. The summed E-state index contributed by atoms with van der Waals surface area (Å²) in [5.74, 6) is 0.955. The number of rotatable bonds is 8. The molecule has 156 valence electrons. The average molecular weight is 419 g/mol. The van der Waals surface area contributed by atoms with Gasteiger partial charge in [0.15, 0.2) is 6.61 Å². The Labute approximate surface area is 171 Å². The molecule has 1 aliphatic heterocycles. The van der Waals surface area contributed by atoms with E-state index in [4.69, 9.17) is 9.47 Å². The van der Waals surface area contributed by atoms with Crippen LogP contribution in [0.4, 0.5) is 11.4 Å². The van der Waals surface area contributed by atoms with Crippen molar-refractivity contribution in [2.45, 2.75) is 26.2 Å². The van der Waals surface area contributed by atoms with E-state index in [1.165, 1.54) is 4.31 Å². The van der Waals surface area contributed by atoms with E-state index in [9.17, 15) is 13.2 Å². The molecular weight excluding hydrogens is 392 g/mol. The summed E-state index contributed by atoms with van der Waals surface area (Å²) < 4.78 is 37.3. The molecule has 0 saturated heterocycles. The standard InChI is InChI=1S/C21H26N2O5S/c1-3-12-29(25,26)23-11-5-6-16-9-10-17(13-20(16)23)22-21(24)15-28-19-8-4-7-18(14-19)27-2/h4,7-10,13-14H,3,5-6,11-12,15H2,1-2H3,(H,22,24). The predicted octanol–water partition coefficient (Wildman–Crippen LogP) is 3.21. The minimum Gasteiger partial charge on any atom is -0.497 e. The van der Waals surface area contributed by atoms with Gasteiger partial charge in [-0.15, -0.1) is 0 Å². The van der Waals surface area contributed by atoms with Crippen LogP contribution in [0.2, 0.25) is 0 Å². The van der Waals surface area contributed by atoms with Gasteiger partial charge in [-0.05, 0) is 49.1 Å². The molecule has 0 unspecified atom stereocenters. The Kier molecular flexibility index (Phi) is 6.64. The molecule has 1 aliphatic rings. The summed E-state index contributed by atoms with van der Waals surface area (Å²) in [6, 6.07) is 12.4. The number of anilines is 2. The number of carbonyl (C=O) groups is 1. The number of benzene rings is 2. The Morgan fingerprint density at radius 2 is 1.97 bits per heavy atom. The molecule has 0 aliphatic carbocycles. The molecular formula is C21H26N2O5S. The van der Waals surface area contributed by atoms with Crippen molar-refractivity contribution in [3.05, 3.63) is 48.0 Å². The maximum absolute atomic E-state index is 12.6. The monoisotopic (exact) mass is 418 g/mol. The van der Waals surface area contributed by atoms with Crippen LogP contribution in [0.3, 0.4) is 0 Å². The van der Waals surface area contributed by atoms with Crippen LogP contribution >= 0.6 is 0 Å². The maximum atomic E-state index is 12.6. The maximum Gasteiger partial charge on any atom is 0.262 e. The molecule has 29 heavy (non-hydrogen) atoms. The molecule has 0 bridgehead atoms. The Bertz CT molecular complexity index is 975. The minimum absolute atomic E-state index is 0.109. The molecule has 0 saturated carbocycles. The SMILES string of the molecule is CCCS(=O)(=O)N1CCCc2ccc(NC(=O)COc3cccc(OC)c3)cc21. The van der Waals surface area contributed by atoms with Crippen molar-refractivity contribution >= 4 is 27.3 Å². The fourth-order valence-electron chi connectivity index (χ4n) is 3.31. The van der Waals surface area contributed by atoms with Gasteiger partial charge in [-0.2, -0.15) is 0 Å². The number of methoxy groups -OCH3 is 1. The highest BCUT2D eigenvalue weighted by Crippen LogP contribution is 2.32. The molecule has 1 N–H and O–H groups in total. The van der Waals surface area contributed by atoms with Gasteiger partial charge < -0.3 is 14.8 Å². The lowest BCUT2D eigenvalue weighted by atomic mass is 10.0. The summed E-state index contributed by atoms with van der Waals surface area (Å²) in [5, 5.41) is 2.78. The van der Waals surface area contributed by atoms with E-state index in [-0.39, 0.29) is 18.3 Å². The summed E-state index contributed by atoms with van der Waals surface area (Å²) in [6.07, 6.45) is 2.17. The van der Waals surface area contributed by atoms with Crippen molar-refractivity contribution in [1.82, 2.24) is 0 Å². The lowest BCUT2D eigenvalue weighted by Crippen LogP contribution is -2.37. The summed E-state index contributed by atoms with van der Waals surface area (Å²) in [6.45, 7) is 2.15. The first-order valence-electron chi connectivity index (χ1n) is 9.63. The third kappa shape index (κ3) is 5.20. The van der Waals surface area contributed by atoms with Gasteiger partial charge in [0.1, 0.15) is 11.5 Å². The van der Waals surface area contributed by atoms with Gasteiger partial charge in [0.05, 0.1) is 18.6 Å². The van der Waals surface area contributed by atoms with E-state index >= 15 is 0 Å². The largest absolute Gasteiger partial charge is 0.497 e. The number of sulfonamides is 1. The number of nitrogens with zero attached hydrogens (tertiary/aromatic N) is 1. The van der Waals surface area contributed by atoms with E-state index in [1.807, 2.05) is 13.0 Å². The van der Waals surface area contributed by atoms with E-state index in [2.05, 4.69) is 5.32 Å².